The van der Waals surface area contributed by atoms with Crippen molar-refractivity contribution in [2.45, 2.75) is 24.5 Å². The minimum Gasteiger partial charge on any atom is -0.351 e. The molecule has 1 heterocycles. The second-order valence-corrected chi connectivity index (χ2v) is 6.96. The number of hydrogen-bond acceptors (Lipinski definition) is 3. The molecule has 0 bridgehead atoms. The van der Waals surface area contributed by atoms with Crippen LogP contribution in [0.3, 0.4) is 0 Å². The van der Waals surface area contributed by atoms with Crippen LogP contribution < -0.4 is 11.1 Å². The molecule has 1 aromatic rings. The Bertz CT molecular complexity index is 586. The first-order valence-electron chi connectivity index (χ1n) is 6.95. The molecule has 0 aromatic heterocycles. The van der Waals surface area contributed by atoms with Crippen LogP contribution in [0.15, 0.2) is 18.2 Å². The van der Waals surface area contributed by atoms with Gasteiger partial charge in [-0.05, 0) is 43.7 Å². The summed E-state index contributed by atoms with van der Waals surface area (Å²) in [5.41, 5.74) is 6.11. The van der Waals surface area contributed by atoms with Crippen LogP contribution in [0, 0.1) is 17.7 Å². The first-order valence-corrected chi connectivity index (χ1v) is 7.93. The maximum Gasteiger partial charge on any atom is 0.252 e. The third-order valence-corrected chi connectivity index (χ3v) is 5.01. The van der Waals surface area contributed by atoms with E-state index in [0.717, 1.165) is 12.2 Å². The van der Waals surface area contributed by atoms with E-state index in [1.165, 1.54) is 24.6 Å². The zero-order valence-corrected chi connectivity index (χ0v) is 12.9. The maximum atomic E-state index is 13.4. The van der Waals surface area contributed by atoms with E-state index in [4.69, 9.17) is 5.73 Å². The number of carbonyl (C=O) groups is 1. The van der Waals surface area contributed by atoms with E-state index in [-0.39, 0.29) is 22.8 Å². The Kier molecular flexibility index (Phi) is 5.27. The van der Waals surface area contributed by atoms with Crippen molar-refractivity contribution in [2.75, 3.05) is 18.8 Å². The van der Waals surface area contributed by atoms with Crippen molar-refractivity contribution in [3.05, 3.63) is 35.1 Å². The number of nitrogens with one attached hydrogen (secondary N) is 1. The highest BCUT2D eigenvalue weighted by molar-refractivity contribution is 8.00. The Labute approximate surface area is 128 Å². The molecule has 1 amide bonds. The lowest BCUT2D eigenvalue weighted by Crippen LogP contribution is -2.37. The standard InChI is InChI=1S/C16H19FN2OS/c1-16(7-3-9-21-16)11-19-15(20)14-10-13(17)6-5-12(14)4-2-8-18/h5-6,10H,3,7-9,11,18H2,1H3,(H,19,20). The van der Waals surface area contributed by atoms with Crippen LogP contribution in [-0.4, -0.2) is 29.5 Å². The number of hydrogen-bond donors (Lipinski definition) is 2. The number of halogens is 1. The lowest BCUT2D eigenvalue weighted by molar-refractivity contribution is 0.0949. The Morgan fingerprint density at radius 1 is 1.57 bits per heavy atom. The minimum atomic E-state index is -0.445. The molecule has 1 aliphatic heterocycles. The van der Waals surface area contributed by atoms with Crippen molar-refractivity contribution in [1.29, 1.82) is 0 Å². The Balaban J connectivity index is 2.12. The monoisotopic (exact) mass is 306 g/mol. The van der Waals surface area contributed by atoms with Crippen LogP contribution in [0.1, 0.15) is 35.7 Å². The normalized spacial score (nSPS) is 20.7. The summed E-state index contributed by atoms with van der Waals surface area (Å²) >= 11 is 1.87. The van der Waals surface area contributed by atoms with Crippen molar-refractivity contribution in [3.63, 3.8) is 0 Å². The molecule has 5 heteroatoms. The topological polar surface area (TPSA) is 55.1 Å². The minimum absolute atomic E-state index is 0.0755. The molecule has 1 aliphatic rings. The van der Waals surface area contributed by atoms with Gasteiger partial charge in [0.05, 0.1) is 12.1 Å². The molecule has 2 rings (SSSR count). The molecule has 0 radical (unpaired) electrons. The first-order chi connectivity index (χ1) is 10.0. The van der Waals surface area contributed by atoms with Gasteiger partial charge >= 0.3 is 0 Å². The van der Waals surface area contributed by atoms with E-state index < -0.39 is 5.82 Å². The molecule has 3 nitrogen and oxygen atoms in total. The van der Waals surface area contributed by atoms with Crippen molar-refractivity contribution < 1.29 is 9.18 Å². The Morgan fingerprint density at radius 2 is 2.38 bits per heavy atom. The lowest BCUT2D eigenvalue weighted by atomic mass is 10.0. The van der Waals surface area contributed by atoms with Gasteiger partial charge in [0, 0.05) is 16.9 Å². The molecule has 0 aliphatic carbocycles. The van der Waals surface area contributed by atoms with Gasteiger partial charge in [-0.3, -0.25) is 4.79 Å². The third kappa shape index (κ3) is 4.23. The van der Waals surface area contributed by atoms with Gasteiger partial charge in [0.2, 0.25) is 0 Å². The molecule has 3 N–H and O–H groups in total. The van der Waals surface area contributed by atoms with Crippen LogP contribution in [-0.2, 0) is 0 Å². The molecule has 1 fully saturated rings. The predicted octanol–water partition coefficient (Wildman–Crippen LogP) is 2.15. The molecule has 21 heavy (non-hydrogen) atoms. The Hall–Kier alpha value is -1.51. The molecule has 1 aromatic carbocycles. The largest absolute Gasteiger partial charge is 0.351 e. The highest BCUT2D eigenvalue weighted by atomic mass is 32.2. The molecule has 1 unspecified atom stereocenters. The van der Waals surface area contributed by atoms with Crippen LogP contribution in [0.5, 0.6) is 0 Å². The summed E-state index contributed by atoms with van der Waals surface area (Å²) in [6.45, 7) is 2.93. The molecular formula is C16H19FN2OS. The van der Waals surface area contributed by atoms with Crippen molar-refractivity contribution >= 4 is 17.7 Å². The number of carbonyl (C=O) groups excluding carboxylic acids is 1. The number of thioether (sulfide) groups is 1. The lowest BCUT2D eigenvalue weighted by Gasteiger charge is -2.23. The van der Waals surface area contributed by atoms with Crippen molar-refractivity contribution in [3.8, 4) is 11.8 Å². The summed E-state index contributed by atoms with van der Waals surface area (Å²) in [5.74, 6) is 5.90. The predicted molar refractivity (Wildman–Crippen MR) is 84.8 cm³/mol. The number of amides is 1. The molecule has 1 atom stereocenters. The zero-order valence-electron chi connectivity index (χ0n) is 12.0. The fraction of sp³-hybridized carbons (Fsp3) is 0.438. The summed E-state index contributed by atoms with van der Waals surface area (Å²) in [6, 6.07) is 4.03. The van der Waals surface area contributed by atoms with Crippen LogP contribution in [0.4, 0.5) is 4.39 Å². The highest BCUT2D eigenvalue weighted by Gasteiger charge is 2.30. The van der Waals surface area contributed by atoms with E-state index in [1.54, 1.807) is 0 Å². The highest BCUT2D eigenvalue weighted by Crippen LogP contribution is 2.37. The average molecular weight is 306 g/mol. The molecule has 0 saturated carbocycles. The SMILES string of the molecule is CC1(CNC(=O)c2cc(F)ccc2C#CCN)CCCS1. The molecule has 1 saturated heterocycles. The molecular weight excluding hydrogens is 287 g/mol. The summed E-state index contributed by atoms with van der Waals surface area (Å²) in [6.07, 6.45) is 2.26. The zero-order chi connectivity index (χ0) is 15.3. The summed E-state index contributed by atoms with van der Waals surface area (Å²) in [4.78, 5) is 12.3. The van der Waals surface area contributed by atoms with Crippen LogP contribution >= 0.6 is 11.8 Å². The van der Waals surface area contributed by atoms with Gasteiger partial charge in [0.25, 0.3) is 5.91 Å². The van der Waals surface area contributed by atoms with Crippen LogP contribution in [0.2, 0.25) is 0 Å². The smallest absolute Gasteiger partial charge is 0.252 e. The van der Waals surface area contributed by atoms with Gasteiger partial charge < -0.3 is 11.1 Å². The number of nitrogens with two attached hydrogens (primary N) is 1. The van der Waals surface area contributed by atoms with Gasteiger partial charge in [-0.15, -0.1) is 0 Å². The second-order valence-electron chi connectivity index (χ2n) is 5.28. The van der Waals surface area contributed by atoms with E-state index in [1.807, 2.05) is 11.8 Å². The summed E-state index contributed by atoms with van der Waals surface area (Å²) in [7, 11) is 0. The maximum absolute atomic E-state index is 13.4. The van der Waals surface area contributed by atoms with Gasteiger partial charge in [-0.1, -0.05) is 11.8 Å². The summed E-state index contributed by atoms with van der Waals surface area (Å²) < 4.78 is 13.5. The van der Waals surface area contributed by atoms with Gasteiger partial charge in [0.15, 0.2) is 0 Å². The van der Waals surface area contributed by atoms with Gasteiger partial charge in [-0.25, -0.2) is 4.39 Å². The molecule has 0 spiro atoms. The average Bonchev–Trinajstić information content (AvgIpc) is 2.91. The van der Waals surface area contributed by atoms with E-state index in [0.29, 0.717) is 12.1 Å². The summed E-state index contributed by atoms with van der Waals surface area (Å²) in [5, 5.41) is 2.90. The molecule has 112 valence electrons. The number of benzene rings is 1. The first kappa shape index (κ1) is 15.9. The van der Waals surface area contributed by atoms with Crippen molar-refractivity contribution in [1.82, 2.24) is 5.32 Å². The van der Waals surface area contributed by atoms with E-state index >= 15 is 0 Å². The van der Waals surface area contributed by atoms with Gasteiger partial charge in [0.1, 0.15) is 5.82 Å². The van der Waals surface area contributed by atoms with Crippen molar-refractivity contribution in [2.24, 2.45) is 5.73 Å². The van der Waals surface area contributed by atoms with Crippen LogP contribution in [0.25, 0.3) is 0 Å². The van der Waals surface area contributed by atoms with E-state index in [2.05, 4.69) is 24.1 Å². The third-order valence-electron chi connectivity index (χ3n) is 3.47. The fourth-order valence-electron chi connectivity index (χ4n) is 2.30. The second kappa shape index (κ2) is 6.97. The number of rotatable bonds is 3. The quantitative estimate of drug-likeness (QED) is 0.841. The fourth-order valence-corrected chi connectivity index (χ4v) is 3.54. The van der Waals surface area contributed by atoms with E-state index in [9.17, 15) is 9.18 Å². The van der Waals surface area contributed by atoms with Gasteiger partial charge in [-0.2, -0.15) is 11.8 Å². The Morgan fingerprint density at radius 3 is 3.05 bits per heavy atom.